The Morgan fingerprint density at radius 2 is 1.90 bits per heavy atom. The summed E-state index contributed by atoms with van der Waals surface area (Å²) in [7, 11) is 0. The molecule has 0 heterocycles. The van der Waals surface area contributed by atoms with Crippen LogP contribution >= 0.6 is 0 Å². The molecule has 1 unspecified atom stereocenters. The van der Waals surface area contributed by atoms with Crippen LogP contribution in [0.4, 0.5) is 18.9 Å². The highest BCUT2D eigenvalue weighted by Gasteiger charge is 2.33. The summed E-state index contributed by atoms with van der Waals surface area (Å²) in [5, 5.41) is 12.2. The van der Waals surface area contributed by atoms with Crippen LogP contribution in [0.2, 0.25) is 0 Å². The van der Waals surface area contributed by atoms with Crippen molar-refractivity contribution in [3.8, 4) is 6.07 Å². The second-order valence-electron chi connectivity index (χ2n) is 5.14. The fraction of sp³-hybridized carbons (Fsp3) is 0.562. The van der Waals surface area contributed by atoms with E-state index < -0.39 is 11.7 Å². The molecule has 0 spiro atoms. The number of hydrogen-bond acceptors (Lipinski definition) is 2. The summed E-state index contributed by atoms with van der Waals surface area (Å²) in [6, 6.07) is 5.53. The third kappa shape index (κ3) is 5.30. The first-order valence-electron chi connectivity index (χ1n) is 7.30. The molecule has 1 aromatic rings. The van der Waals surface area contributed by atoms with E-state index in [2.05, 4.69) is 19.2 Å². The molecule has 0 aromatic heterocycles. The maximum atomic E-state index is 12.7. The minimum absolute atomic E-state index is 0.234. The Hall–Kier alpha value is -1.70. The average Bonchev–Trinajstić information content (AvgIpc) is 2.43. The van der Waals surface area contributed by atoms with Crippen molar-refractivity contribution in [3.63, 3.8) is 0 Å². The van der Waals surface area contributed by atoms with Gasteiger partial charge in [-0.25, -0.2) is 0 Å². The number of rotatable bonds is 7. The topological polar surface area (TPSA) is 35.8 Å². The molecule has 1 aromatic carbocycles. The van der Waals surface area contributed by atoms with Crippen LogP contribution in [-0.2, 0) is 6.18 Å². The summed E-state index contributed by atoms with van der Waals surface area (Å²) >= 11 is 0. The van der Waals surface area contributed by atoms with Gasteiger partial charge in [-0.1, -0.05) is 33.1 Å². The number of benzene rings is 1. The lowest BCUT2D eigenvalue weighted by Crippen LogP contribution is -2.19. The Labute approximate surface area is 124 Å². The molecule has 5 heteroatoms. The maximum Gasteiger partial charge on any atom is 0.417 e. The SMILES string of the molecule is CCCCC(CCC)Nc1ccc(C(F)(F)F)c(C#N)c1. The molecule has 0 bridgehead atoms. The number of nitriles is 1. The number of unbranched alkanes of at least 4 members (excludes halogenated alkanes) is 1. The van der Waals surface area contributed by atoms with Crippen molar-refractivity contribution in [2.75, 3.05) is 5.32 Å². The zero-order chi connectivity index (χ0) is 15.9. The standard InChI is InChI=1S/C16H21F3N2/c1-3-5-7-13(6-4-2)21-14-8-9-15(16(17,18)19)12(10-14)11-20/h8-10,13,21H,3-7H2,1-2H3. The summed E-state index contributed by atoms with van der Waals surface area (Å²) in [5.41, 5.74) is -0.636. The lowest BCUT2D eigenvalue weighted by molar-refractivity contribution is -0.137. The minimum Gasteiger partial charge on any atom is -0.382 e. The van der Waals surface area contributed by atoms with Crippen LogP contribution in [0.25, 0.3) is 0 Å². The molecule has 0 aliphatic carbocycles. The van der Waals surface area contributed by atoms with Crippen molar-refractivity contribution in [2.45, 2.75) is 58.2 Å². The van der Waals surface area contributed by atoms with Crippen molar-refractivity contribution >= 4 is 5.69 Å². The number of nitrogens with zero attached hydrogens (tertiary/aromatic N) is 1. The zero-order valence-corrected chi connectivity index (χ0v) is 12.4. The maximum absolute atomic E-state index is 12.7. The van der Waals surface area contributed by atoms with E-state index in [4.69, 9.17) is 5.26 Å². The van der Waals surface area contributed by atoms with Gasteiger partial charge in [0.1, 0.15) is 0 Å². The molecule has 0 radical (unpaired) electrons. The minimum atomic E-state index is -4.49. The molecule has 0 aliphatic rings. The molecule has 2 nitrogen and oxygen atoms in total. The lowest BCUT2D eigenvalue weighted by Gasteiger charge is -2.20. The van der Waals surface area contributed by atoms with E-state index in [-0.39, 0.29) is 11.6 Å². The largest absolute Gasteiger partial charge is 0.417 e. The first kappa shape index (κ1) is 17.4. The van der Waals surface area contributed by atoms with Crippen LogP contribution in [0.15, 0.2) is 18.2 Å². The molecule has 0 aliphatic heterocycles. The van der Waals surface area contributed by atoms with Gasteiger partial charge in [0.25, 0.3) is 0 Å². The van der Waals surface area contributed by atoms with Crippen LogP contribution < -0.4 is 5.32 Å². The predicted octanol–water partition coefficient (Wildman–Crippen LogP) is 5.35. The summed E-state index contributed by atoms with van der Waals surface area (Å²) in [6.45, 7) is 4.18. The van der Waals surface area contributed by atoms with Gasteiger partial charge < -0.3 is 5.32 Å². The zero-order valence-electron chi connectivity index (χ0n) is 12.4. The van der Waals surface area contributed by atoms with E-state index in [0.717, 1.165) is 38.2 Å². The highest BCUT2D eigenvalue weighted by atomic mass is 19.4. The molecule has 1 atom stereocenters. The van der Waals surface area contributed by atoms with Gasteiger partial charge in [-0.2, -0.15) is 18.4 Å². The van der Waals surface area contributed by atoms with E-state index in [9.17, 15) is 13.2 Å². The van der Waals surface area contributed by atoms with Crippen molar-refractivity contribution in [1.29, 1.82) is 5.26 Å². The van der Waals surface area contributed by atoms with Gasteiger partial charge in [-0.05, 0) is 31.0 Å². The summed E-state index contributed by atoms with van der Waals surface area (Å²) in [5.74, 6) is 0. The molecule has 0 saturated heterocycles. The summed E-state index contributed by atoms with van der Waals surface area (Å²) in [4.78, 5) is 0. The highest BCUT2D eigenvalue weighted by molar-refractivity contribution is 5.54. The molecule has 0 saturated carbocycles. The molecule has 21 heavy (non-hydrogen) atoms. The molecular formula is C16H21F3N2. The van der Waals surface area contributed by atoms with Crippen molar-refractivity contribution < 1.29 is 13.2 Å². The van der Waals surface area contributed by atoms with E-state index in [1.54, 1.807) is 6.07 Å². The normalized spacial score (nSPS) is 12.8. The van der Waals surface area contributed by atoms with Gasteiger partial charge in [0.05, 0.1) is 17.2 Å². The Morgan fingerprint density at radius 1 is 1.19 bits per heavy atom. The molecular weight excluding hydrogens is 277 g/mol. The number of alkyl halides is 3. The molecule has 1 N–H and O–H groups in total. The summed E-state index contributed by atoms with van der Waals surface area (Å²) < 4.78 is 38.2. The number of hydrogen-bond donors (Lipinski definition) is 1. The van der Waals surface area contributed by atoms with Crippen molar-refractivity contribution in [2.24, 2.45) is 0 Å². The first-order chi connectivity index (χ1) is 9.92. The Balaban J connectivity index is 2.91. The van der Waals surface area contributed by atoms with E-state index >= 15 is 0 Å². The van der Waals surface area contributed by atoms with Crippen LogP contribution in [0, 0.1) is 11.3 Å². The predicted molar refractivity (Wildman–Crippen MR) is 78.0 cm³/mol. The second-order valence-corrected chi connectivity index (χ2v) is 5.14. The summed E-state index contributed by atoms with van der Waals surface area (Å²) in [6.07, 6.45) is 0.611. The van der Waals surface area contributed by atoms with Crippen LogP contribution in [0.3, 0.4) is 0 Å². The molecule has 0 amide bonds. The van der Waals surface area contributed by atoms with E-state index in [0.29, 0.717) is 5.69 Å². The fourth-order valence-corrected chi connectivity index (χ4v) is 2.30. The van der Waals surface area contributed by atoms with Crippen LogP contribution in [0.1, 0.15) is 57.1 Å². The van der Waals surface area contributed by atoms with Gasteiger partial charge >= 0.3 is 6.18 Å². The lowest BCUT2D eigenvalue weighted by atomic mass is 10.0. The number of halogens is 3. The van der Waals surface area contributed by atoms with Gasteiger partial charge in [-0.3, -0.25) is 0 Å². The van der Waals surface area contributed by atoms with E-state index in [1.165, 1.54) is 12.1 Å². The monoisotopic (exact) mass is 298 g/mol. The van der Waals surface area contributed by atoms with Gasteiger partial charge in [0.2, 0.25) is 0 Å². The fourth-order valence-electron chi connectivity index (χ4n) is 2.30. The molecule has 0 fully saturated rings. The van der Waals surface area contributed by atoms with Gasteiger partial charge in [0, 0.05) is 11.7 Å². The van der Waals surface area contributed by atoms with Crippen LogP contribution in [0.5, 0.6) is 0 Å². The van der Waals surface area contributed by atoms with Crippen molar-refractivity contribution in [3.05, 3.63) is 29.3 Å². The quantitative estimate of drug-likeness (QED) is 0.736. The molecule has 116 valence electrons. The Morgan fingerprint density at radius 3 is 2.43 bits per heavy atom. The number of anilines is 1. The van der Waals surface area contributed by atoms with Crippen LogP contribution in [-0.4, -0.2) is 6.04 Å². The highest BCUT2D eigenvalue weighted by Crippen LogP contribution is 2.33. The van der Waals surface area contributed by atoms with Crippen molar-refractivity contribution in [1.82, 2.24) is 0 Å². The third-order valence-electron chi connectivity index (χ3n) is 3.36. The Bertz CT molecular complexity index is 489. The smallest absolute Gasteiger partial charge is 0.382 e. The molecule has 1 rings (SSSR count). The van der Waals surface area contributed by atoms with Gasteiger partial charge in [-0.15, -0.1) is 0 Å². The third-order valence-corrected chi connectivity index (χ3v) is 3.36. The average molecular weight is 298 g/mol. The number of nitrogens with one attached hydrogen (secondary N) is 1. The van der Waals surface area contributed by atoms with Gasteiger partial charge in [0.15, 0.2) is 0 Å². The second kappa shape index (κ2) is 7.92. The first-order valence-corrected chi connectivity index (χ1v) is 7.30. The Kier molecular flexibility index (Phi) is 6.54. The van der Waals surface area contributed by atoms with E-state index in [1.807, 2.05) is 0 Å².